The number of pyridine rings is 1. The Morgan fingerprint density at radius 3 is 2.45 bits per heavy atom. The van der Waals surface area contributed by atoms with Crippen molar-refractivity contribution >= 4 is 34.4 Å². The standard InChI is InChI=1S/C23H15FN4O3/c24-14-10-8-13(9-11-14)20(29)18-19(17-7-3-4-12-25-17)28(22(31)21(18)30)23-26-15-5-1-2-6-16(15)27-23/h1-12,19,29H,(H,26,27)/b20-18+. The first-order valence-electron chi connectivity index (χ1n) is 9.47. The van der Waals surface area contributed by atoms with E-state index in [1.165, 1.54) is 35.4 Å². The van der Waals surface area contributed by atoms with Gasteiger partial charge in [0, 0.05) is 11.8 Å². The predicted octanol–water partition coefficient (Wildman–Crippen LogP) is 3.72. The number of Topliss-reactive ketones (excluding diaryl/α,β-unsaturated/α-hetero) is 1. The van der Waals surface area contributed by atoms with Crippen LogP contribution < -0.4 is 4.90 Å². The second-order valence-corrected chi connectivity index (χ2v) is 7.01. The van der Waals surface area contributed by atoms with Gasteiger partial charge >= 0.3 is 5.91 Å². The summed E-state index contributed by atoms with van der Waals surface area (Å²) in [6.45, 7) is 0. The molecule has 2 N–H and O–H groups in total. The minimum Gasteiger partial charge on any atom is -0.507 e. The van der Waals surface area contributed by atoms with Gasteiger partial charge in [0.15, 0.2) is 0 Å². The lowest BCUT2D eigenvalue weighted by molar-refractivity contribution is -0.132. The summed E-state index contributed by atoms with van der Waals surface area (Å²) in [4.78, 5) is 39.1. The number of aliphatic hydroxyl groups excluding tert-OH is 1. The molecule has 1 saturated heterocycles. The van der Waals surface area contributed by atoms with E-state index in [0.717, 1.165) is 0 Å². The molecule has 0 bridgehead atoms. The molecule has 0 saturated carbocycles. The fourth-order valence-electron chi connectivity index (χ4n) is 3.69. The quantitative estimate of drug-likeness (QED) is 0.302. The summed E-state index contributed by atoms with van der Waals surface area (Å²) < 4.78 is 13.3. The topological polar surface area (TPSA) is 99.2 Å². The largest absolute Gasteiger partial charge is 0.507 e. The smallest absolute Gasteiger partial charge is 0.302 e. The Kier molecular flexibility index (Phi) is 4.32. The second-order valence-electron chi connectivity index (χ2n) is 7.01. The molecule has 7 nitrogen and oxygen atoms in total. The number of hydrogen-bond acceptors (Lipinski definition) is 5. The molecule has 1 aliphatic heterocycles. The Balaban J connectivity index is 1.73. The van der Waals surface area contributed by atoms with Crippen LogP contribution >= 0.6 is 0 Å². The van der Waals surface area contributed by atoms with Crippen molar-refractivity contribution < 1.29 is 19.1 Å². The minimum absolute atomic E-state index is 0.143. The van der Waals surface area contributed by atoms with E-state index < -0.39 is 29.3 Å². The van der Waals surface area contributed by atoms with Crippen LogP contribution in [0.1, 0.15) is 17.3 Å². The Hall–Kier alpha value is -4.33. The minimum atomic E-state index is -1.01. The number of nitrogens with zero attached hydrogens (tertiary/aromatic N) is 3. The molecule has 3 heterocycles. The molecule has 4 aromatic rings. The number of carbonyl (C=O) groups excluding carboxylic acids is 2. The Labute approximate surface area is 175 Å². The van der Waals surface area contributed by atoms with Gasteiger partial charge in [0.05, 0.1) is 22.3 Å². The van der Waals surface area contributed by atoms with Crippen LogP contribution in [0.2, 0.25) is 0 Å². The molecule has 1 atom stereocenters. The molecule has 5 rings (SSSR count). The highest BCUT2D eigenvalue weighted by Gasteiger charge is 2.48. The van der Waals surface area contributed by atoms with Crippen LogP contribution in [0.3, 0.4) is 0 Å². The Morgan fingerprint density at radius 1 is 1.00 bits per heavy atom. The number of rotatable bonds is 3. The molecule has 1 unspecified atom stereocenters. The van der Waals surface area contributed by atoms with E-state index in [4.69, 9.17) is 0 Å². The van der Waals surface area contributed by atoms with Crippen molar-refractivity contribution in [3.05, 3.63) is 95.6 Å². The lowest BCUT2D eigenvalue weighted by Gasteiger charge is -2.22. The average molecular weight is 414 g/mol. The van der Waals surface area contributed by atoms with E-state index in [1.54, 1.807) is 30.3 Å². The molecule has 152 valence electrons. The Morgan fingerprint density at radius 2 is 1.74 bits per heavy atom. The second kappa shape index (κ2) is 7.17. The zero-order valence-electron chi connectivity index (χ0n) is 16.0. The highest BCUT2D eigenvalue weighted by atomic mass is 19.1. The third-order valence-corrected chi connectivity index (χ3v) is 5.14. The number of para-hydroxylation sites is 2. The molecule has 0 aliphatic carbocycles. The third-order valence-electron chi connectivity index (χ3n) is 5.14. The van der Waals surface area contributed by atoms with Crippen molar-refractivity contribution in [2.24, 2.45) is 0 Å². The Bertz CT molecular complexity index is 1310. The lowest BCUT2D eigenvalue weighted by Crippen LogP contribution is -2.30. The van der Waals surface area contributed by atoms with Crippen molar-refractivity contribution in [3.8, 4) is 0 Å². The van der Waals surface area contributed by atoms with E-state index in [1.807, 2.05) is 12.1 Å². The van der Waals surface area contributed by atoms with Crippen LogP contribution in [0.15, 0.2) is 78.5 Å². The number of benzene rings is 2. The maximum absolute atomic E-state index is 13.3. The van der Waals surface area contributed by atoms with Crippen LogP contribution in [-0.4, -0.2) is 31.7 Å². The summed E-state index contributed by atoms with van der Waals surface area (Å²) in [6, 6.07) is 16.3. The van der Waals surface area contributed by atoms with Gasteiger partial charge in [-0.05, 0) is 48.5 Å². The molecule has 31 heavy (non-hydrogen) atoms. The molecule has 8 heteroatoms. The number of ketones is 1. The first-order chi connectivity index (χ1) is 15.0. The van der Waals surface area contributed by atoms with Crippen molar-refractivity contribution in [1.82, 2.24) is 15.0 Å². The number of fused-ring (bicyclic) bond motifs is 1. The monoisotopic (exact) mass is 414 g/mol. The predicted molar refractivity (Wildman–Crippen MR) is 112 cm³/mol. The van der Waals surface area contributed by atoms with E-state index >= 15 is 0 Å². The fraction of sp³-hybridized carbons (Fsp3) is 0.0435. The number of nitrogens with one attached hydrogen (secondary N) is 1. The van der Waals surface area contributed by atoms with Gasteiger partial charge in [-0.25, -0.2) is 9.37 Å². The van der Waals surface area contributed by atoms with Gasteiger partial charge in [-0.15, -0.1) is 0 Å². The molecule has 2 aromatic carbocycles. The van der Waals surface area contributed by atoms with Gasteiger partial charge in [-0.3, -0.25) is 19.5 Å². The molecule has 0 spiro atoms. The number of amides is 1. The maximum atomic E-state index is 13.3. The van der Waals surface area contributed by atoms with Gasteiger partial charge in [0.2, 0.25) is 5.95 Å². The first-order valence-corrected chi connectivity index (χ1v) is 9.47. The van der Waals surface area contributed by atoms with Gasteiger partial charge in [0.1, 0.15) is 17.6 Å². The highest BCUT2D eigenvalue weighted by molar-refractivity contribution is 6.51. The number of aromatic amines is 1. The molecule has 1 fully saturated rings. The summed E-state index contributed by atoms with van der Waals surface area (Å²) in [5, 5.41) is 10.9. The van der Waals surface area contributed by atoms with Gasteiger partial charge in [-0.2, -0.15) is 0 Å². The van der Waals surface area contributed by atoms with Crippen LogP contribution in [0.5, 0.6) is 0 Å². The normalized spacial score (nSPS) is 18.1. The van der Waals surface area contributed by atoms with Gasteiger partial charge in [-0.1, -0.05) is 18.2 Å². The van der Waals surface area contributed by atoms with Crippen molar-refractivity contribution in [2.75, 3.05) is 4.90 Å². The molecule has 1 aliphatic rings. The molecule has 0 radical (unpaired) electrons. The van der Waals surface area contributed by atoms with Crippen LogP contribution in [0.4, 0.5) is 10.3 Å². The molecular weight excluding hydrogens is 399 g/mol. The summed E-state index contributed by atoms with van der Waals surface area (Å²) in [5.74, 6) is -2.46. The zero-order chi connectivity index (χ0) is 21.5. The number of H-pyrrole nitrogens is 1. The molecular formula is C23H15FN4O3. The van der Waals surface area contributed by atoms with E-state index in [9.17, 15) is 19.1 Å². The number of anilines is 1. The number of aromatic nitrogens is 3. The van der Waals surface area contributed by atoms with E-state index in [0.29, 0.717) is 16.7 Å². The van der Waals surface area contributed by atoms with Gasteiger partial charge in [0.25, 0.3) is 5.78 Å². The van der Waals surface area contributed by atoms with E-state index in [-0.39, 0.29) is 17.1 Å². The fourth-order valence-corrected chi connectivity index (χ4v) is 3.69. The number of halogens is 1. The number of hydrogen-bond donors (Lipinski definition) is 2. The molecule has 1 amide bonds. The van der Waals surface area contributed by atoms with Gasteiger partial charge < -0.3 is 10.1 Å². The zero-order valence-corrected chi connectivity index (χ0v) is 16.0. The number of carbonyl (C=O) groups is 2. The SMILES string of the molecule is O=C1C(=O)N(c2nc3ccccc3[nH]2)C(c2ccccn2)/C1=C(\O)c1ccc(F)cc1. The summed E-state index contributed by atoms with van der Waals surface area (Å²) in [5.41, 5.74) is 1.77. The first kappa shape index (κ1) is 18.7. The van der Waals surface area contributed by atoms with E-state index in [2.05, 4.69) is 15.0 Å². The highest BCUT2D eigenvalue weighted by Crippen LogP contribution is 2.40. The number of imidazole rings is 1. The average Bonchev–Trinajstić information content (AvgIpc) is 3.33. The maximum Gasteiger partial charge on any atom is 0.302 e. The lowest BCUT2D eigenvalue weighted by atomic mass is 9.98. The van der Waals surface area contributed by atoms with Crippen molar-refractivity contribution in [3.63, 3.8) is 0 Å². The summed E-state index contributed by atoms with van der Waals surface area (Å²) in [7, 11) is 0. The van der Waals surface area contributed by atoms with Crippen LogP contribution in [0.25, 0.3) is 16.8 Å². The third kappa shape index (κ3) is 3.05. The number of aliphatic hydroxyl groups is 1. The summed E-state index contributed by atoms with van der Waals surface area (Å²) in [6.07, 6.45) is 1.53. The van der Waals surface area contributed by atoms with Crippen molar-refractivity contribution in [1.29, 1.82) is 0 Å². The molecule has 2 aromatic heterocycles. The van der Waals surface area contributed by atoms with Crippen molar-refractivity contribution in [2.45, 2.75) is 6.04 Å². The van der Waals surface area contributed by atoms with Crippen LogP contribution in [-0.2, 0) is 9.59 Å². The summed E-state index contributed by atoms with van der Waals surface area (Å²) >= 11 is 0. The van der Waals surface area contributed by atoms with Crippen LogP contribution in [0, 0.1) is 5.82 Å².